The summed E-state index contributed by atoms with van der Waals surface area (Å²) in [5.74, 6) is 0.921. The van der Waals surface area contributed by atoms with Crippen LogP contribution in [0.2, 0.25) is 0 Å². The first-order valence-electron chi connectivity index (χ1n) is 7.38. The molecule has 1 amide bonds. The monoisotopic (exact) mass is 294 g/mol. The topological polar surface area (TPSA) is 73.4 Å². The molecule has 1 aliphatic rings. The van der Waals surface area contributed by atoms with E-state index in [4.69, 9.17) is 10.5 Å². The van der Waals surface area contributed by atoms with Crippen LogP contribution in [0.15, 0.2) is 6.20 Å². The van der Waals surface area contributed by atoms with E-state index in [0.717, 1.165) is 24.4 Å². The molecule has 1 aliphatic heterocycles. The summed E-state index contributed by atoms with van der Waals surface area (Å²) in [5.41, 5.74) is 6.28. The molecule has 6 nitrogen and oxygen atoms in total. The molecule has 1 atom stereocenters. The normalized spacial score (nSPS) is 23.2. The fourth-order valence-corrected chi connectivity index (χ4v) is 2.57. The van der Waals surface area contributed by atoms with E-state index in [1.165, 1.54) is 0 Å². The van der Waals surface area contributed by atoms with Gasteiger partial charge in [0.15, 0.2) is 0 Å². The zero-order valence-corrected chi connectivity index (χ0v) is 13.6. The summed E-state index contributed by atoms with van der Waals surface area (Å²) in [5, 5.41) is 0. The Morgan fingerprint density at radius 2 is 2.14 bits per heavy atom. The van der Waals surface area contributed by atoms with E-state index in [-0.39, 0.29) is 6.09 Å². The maximum Gasteiger partial charge on any atom is 0.410 e. The number of nitrogens with two attached hydrogens (primary N) is 1. The summed E-state index contributed by atoms with van der Waals surface area (Å²) in [6.45, 7) is 8.67. The van der Waals surface area contributed by atoms with Crippen LogP contribution in [-0.4, -0.2) is 39.2 Å². The molecule has 118 valence electrons. The predicted octanol–water partition coefficient (Wildman–Crippen LogP) is 1.91. The lowest BCUT2D eigenvalue weighted by molar-refractivity contribution is 0.0135. The molecule has 0 saturated carbocycles. The van der Waals surface area contributed by atoms with Crippen LogP contribution < -0.4 is 5.73 Å². The van der Waals surface area contributed by atoms with Crippen LogP contribution >= 0.6 is 0 Å². The Kier molecular flexibility index (Phi) is 4.02. The number of hydrogen-bond donors (Lipinski definition) is 1. The molecule has 1 aromatic rings. The van der Waals surface area contributed by atoms with Gasteiger partial charge in [0, 0.05) is 26.3 Å². The zero-order valence-electron chi connectivity index (χ0n) is 13.6. The zero-order chi connectivity index (χ0) is 15.8. The summed E-state index contributed by atoms with van der Waals surface area (Å²) in [7, 11) is 1.95. The SMILES string of the molecule is Cc1nc(C2(N)CCCN(C(=O)OC(C)(C)C)C2)cn1C. The molecule has 0 radical (unpaired) electrons. The lowest BCUT2D eigenvalue weighted by atomic mass is 9.87. The number of aromatic nitrogens is 2. The maximum atomic E-state index is 12.2. The summed E-state index contributed by atoms with van der Waals surface area (Å²) in [6.07, 6.45) is 3.33. The second kappa shape index (κ2) is 5.33. The second-order valence-corrected chi connectivity index (χ2v) is 6.95. The first-order valence-corrected chi connectivity index (χ1v) is 7.38. The van der Waals surface area contributed by atoms with Crippen molar-refractivity contribution in [3.63, 3.8) is 0 Å². The van der Waals surface area contributed by atoms with E-state index in [2.05, 4.69) is 4.98 Å². The molecular formula is C15H26N4O2. The number of rotatable bonds is 1. The van der Waals surface area contributed by atoms with Gasteiger partial charge in [-0.15, -0.1) is 0 Å². The highest BCUT2D eigenvalue weighted by molar-refractivity contribution is 5.68. The Labute approximate surface area is 126 Å². The number of carbonyl (C=O) groups excluding carboxylic acids is 1. The molecule has 0 spiro atoms. The predicted molar refractivity (Wildman–Crippen MR) is 80.9 cm³/mol. The van der Waals surface area contributed by atoms with Crippen molar-refractivity contribution in [2.24, 2.45) is 12.8 Å². The summed E-state index contributed by atoms with van der Waals surface area (Å²) in [6, 6.07) is 0. The van der Waals surface area contributed by atoms with Crippen molar-refractivity contribution in [2.75, 3.05) is 13.1 Å². The van der Waals surface area contributed by atoms with Gasteiger partial charge in [0.1, 0.15) is 11.4 Å². The van der Waals surface area contributed by atoms with Crippen LogP contribution in [0.3, 0.4) is 0 Å². The number of amides is 1. The average Bonchev–Trinajstić information content (AvgIpc) is 2.68. The third-order valence-corrected chi connectivity index (χ3v) is 3.79. The summed E-state index contributed by atoms with van der Waals surface area (Å²) in [4.78, 5) is 18.5. The standard InChI is InChI=1S/C15H26N4O2/c1-11-17-12(9-18(11)5)15(16)7-6-8-19(10-15)13(20)21-14(2,3)4/h9H,6-8,10,16H2,1-5H3. The molecule has 0 aromatic carbocycles. The minimum Gasteiger partial charge on any atom is -0.444 e. The molecule has 1 saturated heterocycles. The van der Waals surface area contributed by atoms with Crippen LogP contribution in [0.1, 0.15) is 45.1 Å². The molecule has 2 heterocycles. The quantitative estimate of drug-likeness (QED) is 0.858. The van der Waals surface area contributed by atoms with Gasteiger partial charge in [0.25, 0.3) is 0 Å². The van der Waals surface area contributed by atoms with Crippen molar-refractivity contribution >= 4 is 6.09 Å². The van der Waals surface area contributed by atoms with Crippen molar-refractivity contribution in [1.29, 1.82) is 0 Å². The Morgan fingerprint density at radius 3 is 2.67 bits per heavy atom. The fourth-order valence-electron chi connectivity index (χ4n) is 2.57. The minimum absolute atomic E-state index is 0.301. The molecule has 2 N–H and O–H groups in total. The molecule has 1 aromatic heterocycles. The smallest absolute Gasteiger partial charge is 0.410 e. The van der Waals surface area contributed by atoms with Crippen LogP contribution in [0, 0.1) is 6.92 Å². The van der Waals surface area contributed by atoms with Gasteiger partial charge >= 0.3 is 6.09 Å². The number of carbonyl (C=O) groups is 1. The van der Waals surface area contributed by atoms with Crippen LogP contribution in [0.4, 0.5) is 4.79 Å². The van der Waals surface area contributed by atoms with Gasteiger partial charge in [-0.2, -0.15) is 0 Å². The van der Waals surface area contributed by atoms with Gasteiger partial charge < -0.3 is 19.9 Å². The number of hydrogen-bond acceptors (Lipinski definition) is 4. The number of imidazole rings is 1. The van der Waals surface area contributed by atoms with Gasteiger partial charge in [0.05, 0.1) is 11.2 Å². The Hall–Kier alpha value is -1.56. The Morgan fingerprint density at radius 1 is 1.48 bits per heavy atom. The molecular weight excluding hydrogens is 268 g/mol. The highest BCUT2D eigenvalue weighted by Gasteiger charge is 2.38. The van der Waals surface area contributed by atoms with Crippen LogP contribution in [0.25, 0.3) is 0 Å². The van der Waals surface area contributed by atoms with Crippen LogP contribution in [-0.2, 0) is 17.3 Å². The van der Waals surface area contributed by atoms with Gasteiger partial charge in [-0.3, -0.25) is 0 Å². The van der Waals surface area contributed by atoms with Crippen molar-refractivity contribution < 1.29 is 9.53 Å². The first kappa shape index (κ1) is 15.8. The van der Waals surface area contributed by atoms with Crippen molar-refractivity contribution in [3.8, 4) is 0 Å². The van der Waals surface area contributed by atoms with Gasteiger partial charge in [-0.25, -0.2) is 9.78 Å². The van der Waals surface area contributed by atoms with Crippen LogP contribution in [0.5, 0.6) is 0 Å². The van der Waals surface area contributed by atoms with Crippen molar-refractivity contribution in [1.82, 2.24) is 14.5 Å². The molecule has 1 unspecified atom stereocenters. The van der Waals surface area contributed by atoms with E-state index in [1.807, 2.05) is 45.5 Å². The second-order valence-electron chi connectivity index (χ2n) is 6.95. The molecule has 1 fully saturated rings. The number of nitrogens with zero attached hydrogens (tertiary/aromatic N) is 3. The molecule has 0 bridgehead atoms. The number of piperidine rings is 1. The fraction of sp³-hybridized carbons (Fsp3) is 0.733. The number of likely N-dealkylation sites (tertiary alicyclic amines) is 1. The molecule has 21 heavy (non-hydrogen) atoms. The van der Waals surface area contributed by atoms with Crippen molar-refractivity contribution in [2.45, 2.75) is 51.7 Å². The highest BCUT2D eigenvalue weighted by Crippen LogP contribution is 2.29. The van der Waals surface area contributed by atoms with E-state index in [1.54, 1.807) is 4.90 Å². The number of aryl methyl sites for hydroxylation is 2. The van der Waals surface area contributed by atoms with E-state index in [9.17, 15) is 4.79 Å². The Balaban J connectivity index is 2.14. The third kappa shape index (κ3) is 3.56. The van der Waals surface area contributed by atoms with Gasteiger partial charge in [-0.1, -0.05) is 0 Å². The van der Waals surface area contributed by atoms with Crippen molar-refractivity contribution in [3.05, 3.63) is 17.7 Å². The average molecular weight is 294 g/mol. The van der Waals surface area contributed by atoms with E-state index in [0.29, 0.717) is 13.1 Å². The van der Waals surface area contributed by atoms with Gasteiger partial charge in [0.2, 0.25) is 0 Å². The lowest BCUT2D eigenvalue weighted by Crippen LogP contribution is -2.54. The lowest BCUT2D eigenvalue weighted by Gasteiger charge is -2.39. The van der Waals surface area contributed by atoms with E-state index < -0.39 is 11.1 Å². The first-order chi connectivity index (χ1) is 9.61. The molecule has 2 rings (SSSR count). The van der Waals surface area contributed by atoms with Gasteiger partial charge in [-0.05, 0) is 40.5 Å². The highest BCUT2D eigenvalue weighted by atomic mass is 16.6. The molecule has 0 aliphatic carbocycles. The molecule has 6 heteroatoms. The Bertz CT molecular complexity index is 513. The number of ether oxygens (including phenoxy) is 1. The minimum atomic E-state index is -0.596. The van der Waals surface area contributed by atoms with E-state index >= 15 is 0 Å². The summed E-state index contributed by atoms with van der Waals surface area (Å²) < 4.78 is 7.40. The maximum absolute atomic E-state index is 12.2. The third-order valence-electron chi connectivity index (χ3n) is 3.79. The largest absolute Gasteiger partial charge is 0.444 e. The summed E-state index contributed by atoms with van der Waals surface area (Å²) >= 11 is 0.